The Balaban J connectivity index is 2.72. The van der Waals surface area contributed by atoms with Crippen molar-refractivity contribution in [2.45, 2.75) is 0 Å². The van der Waals surface area contributed by atoms with Crippen molar-refractivity contribution in [3.63, 3.8) is 0 Å². The first-order valence-electron chi connectivity index (χ1n) is 2.54. The zero-order chi connectivity index (χ0) is 6.53. The molecule has 0 fully saturated rings. The van der Waals surface area contributed by atoms with Gasteiger partial charge in [0, 0.05) is 6.20 Å². The SMILES string of the molecule is O=CNc1ccccn1. The summed E-state index contributed by atoms with van der Waals surface area (Å²) in [4.78, 5) is 13.6. The average molecular weight is 122 g/mol. The first-order valence-corrected chi connectivity index (χ1v) is 2.54. The molecule has 0 aliphatic carbocycles. The van der Waals surface area contributed by atoms with Crippen molar-refractivity contribution in [2.75, 3.05) is 5.32 Å². The summed E-state index contributed by atoms with van der Waals surface area (Å²) in [5, 5.41) is 2.42. The van der Waals surface area contributed by atoms with E-state index >= 15 is 0 Å². The van der Waals surface area contributed by atoms with Gasteiger partial charge in [-0.25, -0.2) is 4.98 Å². The quantitative estimate of drug-likeness (QED) is 0.585. The second-order valence-electron chi connectivity index (χ2n) is 1.48. The number of hydrogen-bond donors (Lipinski definition) is 1. The van der Waals surface area contributed by atoms with Crippen LogP contribution < -0.4 is 5.32 Å². The van der Waals surface area contributed by atoms with E-state index in [1.165, 1.54) is 0 Å². The lowest BCUT2D eigenvalue weighted by molar-refractivity contribution is -0.105. The van der Waals surface area contributed by atoms with E-state index in [9.17, 15) is 4.79 Å². The maximum atomic E-state index is 9.82. The van der Waals surface area contributed by atoms with E-state index < -0.39 is 0 Å². The molecule has 46 valence electrons. The number of amides is 1. The third-order valence-corrected chi connectivity index (χ3v) is 0.872. The molecule has 1 heterocycles. The second-order valence-corrected chi connectivity index (χ2v) is 1.48. The predicted octanol–water partition coefficient (Wildman–Crippen LogP) is 0.650. The molecule has 1 aromatic heterocycles. The van der Waals surface area contributed by atoms with Gasteiger partial charge in [0.25, 0.3) is 0 Å². The van der Waals surface area contributed by atoms with Crippen molar-refractivity contribution in [3.05, 3.63) is 24.4 Å². The van der Waals surface area contributed by atoms with Gasteiger partial charge in [-0.15, -0.1) is 0 Å². The zero-order valence-electron chi connectivity index (χ0n) is 4.74. The van der Waals surface area contributed by atoms with Gasteiger partial charge in [0.15, 0.2) is 0 Å². The molecular formula is C6H6N2O. The average Bonchev–Trinajstić information content (AvgIpc) is 1.91. The largest absolute Gasteiger partial charge is 0.313 e. The highest BCUT2D eigenvalue weighted by atomic mass is 16.1. The topological polar surface area (TPSA) is 42.0 Å². The van der Waals surface area contributed by atoms with Crippen LogP contribution in [-0.2, 0) is 4.79 Å². The maximum Gasteiger partial charge on any atom is 0.212 e. The molecule has 0 aromatic carbocycles. The summed E-state index contributed by atoms with van der Waals surface area (Å²) in [5.41, 5.74) is 0. The highest BCUT2D eigenvalue weighted by Gasteiger charge is 1.83. The van der Waals surface area contributed by atoms with Crippen LogP contribution in [-0.4, -0.2) is 11.4 Å². The number of carbonyl (C=O) groups is 1. The van der Waals surface area contributed by atoms with Gasteiger partial charge in [-0.3, -0.25) is 4.79 Å². The van der Waals surface area contributed by atoms with Crippen molar-refractivity contribution in [1.82, 2.24) is 4.98 Å². The number of hydrogen-bond acceptors (Lipinski definition) is 2. The molecule has 0 aliphatic rings. The first-order chi connectivity index (χ1) is 4.43. The molecule has 9 heavy (non-hydrogen) atoms. The minimum absolute atomic E-state index is 0.576. The zero-order valence-corrected chi connectivity index (χ0v) is 4.74. The Morgan fingerprint density at radius 1 is 1.56 bits per heavy atom. The number of aromatic nitrogens is 1. The van der Waals surface area contributed by atoms with E-state index in [4.69, 9.17) is 0 Å². The summed E-state index contributed by atoms with van der Waals surface area (Å²) in [5.74, 6) is 0.576. The molecule has 0 radical (unpaired) electrons. The molecule has 0 atom stereocenters. The Morgan fingerprint density at radius 3 is 3.00 bits per heavy atom. The van der Waals surface area contributed by atoms with Gasteiger partial charge >= 0.3 is 0 Å². The standard InChI is InChI=1S/C6H6N2O/c9-5-8-6-3-1-2-4-7-6/h1-5H,(H,7,8,9). The molecule has 0 unspecified atom stereocenters. The van der Waals surface area contributed by atoms with Gasteiger partial charge in [-0.1, -0.05) is 6.07 Å². The van der Waals surface area contributed by atoms with Crippen molar-refractivity contribution in [3.8, 4) is 0 Å². The Kier molecular flexibility index (Phi) is 1.80. The fourth-order valence-corrected chi connectivity index (χ4v) is 0.509. The van der Waals surface area contributed by atoms with E-state index in [-0.39, 0.29) is 0 Å². The van der Waals surface area contributed by atoms with Gasteiger partial charge in [0.05, 0.1) is 0 Å². The van der Waals surface area contributed by atoms with Crippen LogP contribution in [0.2, 0.25) is 0 Å². The van der Waals surface area contributed by atoms with Gasteiger partial charge in [-0.2, -0.15) is 0 Å². The minimum Gasteiger partial charge on any atom is -0.313 e. The monoisotopic (exact) mass is 122 g/mol. The minimum atomic E-state index is 0.576. The van der Waals surface area contributed by atoms with Crippen molar-refractivity contribution >= 4 is 12.2 Å². The molecule has 0 saturated carbocycles. The van der Waals surface area contributed by atoms with E-state index in [0.29, 0.717) is 12.2 Å². The summed E-state index contributed by atoms with van der Waals surface area (Å²) in [6, 6.07) is 5.31. The molecule has 1 aromatic rings. The lowest BCUT2D eigenvalue weighted by Gasteiger charge is -1.91. The van der Waals surface area contributed by atoms with Crippen LogP contribution in [0.1, 0.15) is 0 Å². The van der Waals surface area contributed by atoms with E-state index in [2.05, 4.69) is 10.3 Å². The molecule has 3 heteroatoms. The van der Waals surface area contributed by atoms with E-state index in [0.717, 1.165) is 0 Å². The summed E-state index contributed by atoms with van der Waals surface area (Å²) in [7, 11) is 0. The summed E-state index contributed by atoms with van der Waals surface area (Å²) < 4.78 is 0. The number of rotatable bonds is 2. The van der Waals surface area contributed by atoms with E-state index in [1.54, 1.807) is 24.4 Å². The van der Waals surface area contributed by atoms with Gasteiger partial charge in [-0.05, 0) is 12.1 Å². The number of carbonyl (C=O) groups excluding carboxylic acids is 1. The molecule has 1 amide bonds. The smallest absolute Gasteiger partial charge is 0.212 e. The molecule has 0 aliphatic heterocycles. The highest BCUT2D eigenvalue weighted by Crippen LogP contribution is 1.95. The maximum absolute atomic E-state index is 9.82. The summed E-state index contributed by atoms with van der Waals surface area (Å²) in [6.45, 7) is 0. The van der Waals surface area contributed by atoms with Crippen molar-refractivity contribution in [2.24, 2.45) is 0 Å². The molecule has 0 spiro atoms. The van der Waals surface area contributed by atoms with Crippen LogP contribution >= 0.6 is 0 Å². The lowest BCUT2D eigenvalue weighted by Crippen LogP contribution is -1.94. The Morgan fingerprint density at radius 2 is 2.44 bits per heavy atom. The summed E-state index contributed by atoms with van der Waals surface area (Å²) >= 11 is 0. The molecule has 1 N–H and O–H groups in total. The second kappa shape index (κ2) is 2.81. The molecule has 0 saturated heterocycles. The van der Waals surface area contributed by atoms with Crippen LogP contribution in [0.15, 0.2) is 24.4 Å². The highest BCUT2D eigenvalue weighted by molar-refractivity contribution is 5.68. The van der Waals surface area contributed by atoms with Gasteiger partial charge in [0.2, 0.25) is 6.41 Å². The van der Waals surface area contributed by atoms with Crippen LogP contribution in [0, 0.1) is 0 Å². The predicted molar refractivity (Wildman–Crippen MR) is 33.9 cm³/mol. The summed E-state index contributed by atoms with van der Waals surface area (Å²) in [6.07, 6.45) is 2.22. The molecule has 3 nitrogen and oxygen atoms in total. The lowest BCUT2D eigenvalue weighted by atomic mass is 10.5. The van der Waals surface area contributed by atoms with Crippen LogP contribution in [0.5, 0.6) is 0 Å². The third-order valence-electron chi connectivity index (χ3n) is 0.872. The third kappa shape index (κ3) is 1.53. The Bertz CT molecular complexity index is 186. The van der Waals surface area contributed by atoms with Gasteiger partial charge in [0.1, 0.15) is 5.82 Å². The van der Waals surface area contributed by atoms with Crippen molar-refractivity contribution < 1.29 is 4.79 Å². The number of anilines is 1. The molecule has 1 rings (SSSR count). The van der Waals surface area contributed by atoms with Crippen LogP contribution in [0.25, 0.3) is 0 Å². The fourth-order valence-electron chi connectivity index (χ4n) is 0.509. The first kappa shape index (κ1) is 5.75. The van der Waals surface area contributed by atoms with Crippen LogP contribution in [0.3, 0.4) is 0 Å². The fraction of sp³-hybridized carbons (Fsp3) is 0. The Labute approximate surface area is 52.7 Å². The van der Waals surface area contributed by atoms with Crippen LogP contribution in [0.4, 0.5) is 5.82 Å². The van der Waals surface area contributed by atoms with Crippen molar-refractivity contribution in [1.29, 1.82) is 0 Å². The van der Waals surface area contributed by atoms with Gasteiger partial charge < -0.3 is 5.32 Å². The number of nitrogens with zero attached hydrogens (tertiary/aromatic N) is 1. The molecular weight excluding hydrogens is 116 g/mol. The Hall–Kier alpha value is -1.38. The van der Waals surface area contributed by atoms with E-state index in [1.807, 2.05) is 0 Å². The normalized spacial score (nSPS) is 8.44. The number of nitrogens with one attached hydrogen (secondary N) is 1. The number of pyridine rings is 1. The molecule has 0 bridgehead atoms.